The lowest BCUT2D eigenvalue weighted by atomic mass is 9.77. The highest BCUT2D eigenvalue weighted by Gasteiger charge is 2.34. The Bertz CT molecular complexity index is 1020. The number of methoxy groups -OCH3 is 1. The van der Waals surface area contributed by atoms with Crippen LogP contribution in [0.2, 0.25) is 0 Å². The van der Waals surface area contributed by atoms with E-state index in [0.717, 1.165) is 61.6 Å². The van der Waals surface area contributed by atoms with Gasteiger partial charge >= 0.3 is 0 Å². The molecule has 1 heterocycles. The van der Waals surface area contributed by atoms with E-state index in [2.05, 4.69) is 6.07 Å². The summed E-state index contributed by atoms with van der Waals surface area (Å²) in [5, 5.41) is 9.78. The molecular weight excluding hydrogens is 450 g/mol. The number of ether oxygens (including phenoxy) is 2. The summed E-state index contributed by atoms with van der Waals surface area (Å²) >= 11 is 0. The minimum absolute atomic E-state index is 0.0646. The van der Waals surface area contributed by atoms with E-state index in [1.807, 2.05) is 29.2 Å². The third kappa shape index (κ3) is 5.99. The zero-order valence-corrected chi connectivity index (χ0v) is 21.7. The summed E-state index contributed by atoms with van der Waals surface area (Å²) in [4.78, 5) is 14.8. The Hall–Kier alpha value is -2.69. The molecule has 2 fully saturated rings. The molecule has 1 atom stereocenters. The number of nitrogens with zero attached hydrogens (tertiary/aromatic N) is 1. The van der Waals surface area contributed by atoms with Gasteiger partial charge in [0, 0.05) is 24.7 Å². The fourth-order valence-electron chi connectivity index (χ4n) is 6.67. The number of rotatable bonds is 9. The number of hydrogen-bond donors (Lipinski definition) is 1. The summed E-state index contributed by atoms with van der Waals surface area (Å²) in [7, 11) is 1.70. The SMILES string of the molecule is COc1cccc(OC(CCC2CCCCC2)C2CCC(CN3Cc4ccc(O)cc4C3=O)CC2)c1. The Morgan fingerprint density at radius 2 is 1.72 bits per heavy atom. The Morgan fingerprint density at radius 1 is 0.944 bits per heavy atom. The third-order valence-corrected chi connectivity index (χ3v) is 8.78. The van der Waals surface area contributed by atoms with Gasteiger partial charge in [-0.3, -0.25) is 4.79 Å². The fraction of sp³-hybridized carbons (Fsp3) is 0.581. The molecule has 1 aliphatic heterocycles. The van der Waals surface area contributed by atoms with Gasteiger partial charge in [-0.25, -0.2) is 0 Å². The number of phenols is 1. The molecule has 2 saturated carbocycles. The number of hydrogen-bond acceptors (Lipinski definition) is 4. The van der Waals surface area contributed by atoms with Crippen LogP contribution in [0.3, 0.4) is 0 Å². The van der Waals surface area contributed by atoms with Gasteiger partial charge in [-0.15, -0.1) is 0 Å². The molecule has 0 aromatic heterocycles. The van der Waals surface area contributed by atoms with Crippen molar-refractivity contribution in [3.8, 4) is 17.2 Å². The molecular formula is C31H41NO4. The number of carbonyl (C=O) groups is 1. The predicted molar refractivity (Wildman–Crippen MR) is 142 cm³/mol. The van der Waals surface area contributed by atoms with Crippen molar-refractivity contribution in [2.24, 2.45) is 17.8 Å². The van der Waals surface area contributed by atoms with Crippen molar-refractivity contribution in [1.82, 2.24) is 4.90 Å². The van der Waals surface area contributed by atoms with E-state index in [1.54, 1.807) is 19.2 Å². The van der Waals surface area contributed by atoms with E-state index in [1.165, 1.54) is 38.5 Å². The Kier molecular flexibility index (Phi) is 8.03. The second kappa shape index (κ2) is 11.6. The van der Waals surface area contributed by atoms with Crippen LogP contribution in [0, 0.1) is 17.8 Å². The number of phenolic OH excluding ortho intramolecular Hbond substituents is 1. The molecule has 0 radical (unpaired) electrons. The van der Waals surface area contributed by atoms with Crippen LogP contribution >= 0.6 is 0 Å². The number of benzene rings is 2. The van der Waals surface area contributed by atoms with Crippen LogP contribution in [-0.4, -0.2) is 35.7 Å². The van der Waals surface area contributed by atoms with E-state index in [4.69, 9.17) is 9.47 Å². The van der Waals surface area contributed by atoms with Gasteiger partial charge in [0.1, 0.15) is 23.4 Å². The van der Waals surface area contributed by atoms with Crippen LogP contribution in [0.4, 0.5) is 0 Å². The summed E-state index contributed by atoms with van der Waals surface area (Å²) < 4.78 is 12.1. The smallest absolute Gasteiger partial charge is 0.254 e. The molecule has 36 heavy (non-hydrogen) atoms. The van der Waals surface area contributed by atoms with Crippen molar-refractivity contribution in [3.63, 3.8) is 0 Å². The normalized spacial score (nSPS) is 23.4. The molecule has 2 aliphatic carbocycles. The average molecular weight is 492 g/mol. The summed E-state index contributed by atoms with van der Waals surface area (Å²) in [5.74, 6) is 3.92. The maximum absolute atomic E-state index is 12.9. The van der Waals surface area contributed by atoms with Gasteiger partial charge in [-0.2, -0.15) is 0 Å². The van der Waals surface area contributed by atoms with Crippen molar-refractivity contribution in [2.75, 3.05) is 13.7 Å². The highest BCUT2D eigenvalue weighted by atomic mass is 16.5. The zero-order valence-electron chi connectivity index (χ0n) is 21.7. The molecule has 0 bridgehead atoms. The van der Waals surface area contributed by atoms with Crippen molar-refractivity contribution in [1.29, 1.82) is 0 Å². The fourth-order valence-corrected chi connectivity index (χ4v) is 6.67. The maximum Gasteiger partial charge on any atom is 0.254 e. The molecule has 2 aromatic rings. The van der Waals surface area contributed by atoms with E-state index < -0.39 is 0 Å². The molecule has 5 heteroatoms. The summed E-state index contributed by atoms with van der Waals surface area (Å²) in [6, 6.07) is 13.2. The Balaban J connectivity index is 1.18. The molecule has 0 saturated heterocycles. The molecule has 5 rings (SSSR count). The second-order valence-corrected chi connectivity index (χ2v) is 11.2. The first kappa shape index (κ1) is 25.0. The van der Waals surface area contributed by atoms with Crippen molar-refractivity contribution in [3.05, 3.63) is 53.6 Å². The van der Waals surface area contributed by atoms with Crippen LogP contribution < -0.4 is 9.47 Å². The van der Waals surface area contributed by atoms with Gasteiger partial charge < -0.3 is 19.5 Å². The molecule has 1 N–H and O–H groups in total. The van der Waals surface area contributed by atoms with Gasteiger partial charge in [-0.1, -0.05) is 44.2 Å². The Morgan fingerprint density at radius 3 is 2.50 bits per heavy atom. The molecule has 1 unspecified atom stereocenters. The highest BCUT2D eigenvalue weighted by Crippen LogP contribution is 2.38. The number of fused-ring (bicyclic) bond motifs is 1. The molecule has 0 spiro atoms. The van der Waals surface area contributed by atoms with E-state index in [9.17, 15) is 9.90 Å². The van der Waals surface area contributed by atoms with E-state index in [0.29, 0.717) is 23.9 Å². The van der Waals surface area contributed by atoms with Crippen molar-refractivity contribution < 1.29 is 19.4 Å². The van der Waals surface area contributed by atoms with Crippen LogP contribution in [0.15, 0.2) is 42.5 Å². The van der Waals surface area contributed by atoms with Gasteiger partial charge in [0.2, 0.25) is 0 Å². The topological polar surface area (TPSA) is 59.0 Å². The summed E-state index contributed by atoms with van der Waals surface area (Å²) in [5.41, 5.74) is 1.69. The zero-order chi connectivity index (χ0) is 24.9. The molecule has 2 aromatic carbocycles. The number of aromatic hydroxyl groups is 1. The maximum atomic E-state index is 12.9. The number of carbonyl (C=O) groups excluding carboxylic acids is 1. The monoisotopic (exact) mass is 491 g/mol. The third-order valence-electron chi connectivity index (χ3n) is 8.78. The van der Waals surface area contributed by atoms with Crippen LogP contribution in [0.1, 0.15) is 86.6 Å². The van der Waals surface area contributed by atoms with Gasteiger partial charge in [-0.05, 0) is 86.1 Å². The minimum atomic E-state index is 0.0646. The van der Waals surface area contributed by atoms with Crippen molar-refractivity contribution in [2.45, 2.75) is 83.3 Å². The van der Waals surface area contributed by atoms with Crippen LogP contribution in [0.5, 0.6) is 17.2 Å². The van der Waals surface area contributed by atoms with Gasteiger partial charge in [0.15, 0.2) is 0 Å². The largest absolute Gasteiger partial charge is 0.508 e. The predicted octanol–water partition coefficient (Wildman–Crippen LogP) is 6.97. The van der Waals surface area contributed by atoms with Crippen molar-refractivity contribution >= 4 is 5.91 Å². The highest BCUT2D eigenvalue weighted by molar-refractivity contribution is 5.98. The van der Waals surface area contributed by atoms with Crippen LogP contribution in [-0.2, 0) is 6.54 Å². The molecule has 194 valence electrons. The first-order valence-electron chi connectivity index (χ1n) is 14.0. The molecule has 1 amide bonds. The standard InChI is InChI=1S/C31H41NO4/c1-35-27-8-5-9-28(19-27)36-30(17-12-22-6-3-2-4-7-22)24-13-10-23(11-14-24)20-32-21-25-15-16-26(33)18-29(25)31(32)34/h5,8-9,15-16,18-19,22-24,30,33H,2-4,6-7,10-14,17,20-21H2,1H3. The first-order valence-corrected chi connectivity index (χ1v) is 14.0. The summed E-state index contributed by atoms with van der Waals surface area (Å²) in [6.07, 6.45) is 14.1. The van der Waals surface area contributed by atoms with Gasteiger partial charge in [0.25, 0.3) is 5.91 Å². The second-order valence-electron chi connectivity index (χ2n) is 11.2. The number of amides is 1. The lowest BCUT2D eigenvalue weighted by molar-refractivity contribution is 0.0621. The van der Waals surface area contributed by atoms with Crippen LogP contribution in [0.25, 0.3) is 0 Å². The quantitative estimate of drug-likeness (QED) is 0.411. The molecule has 5 nitrogen and oxygen atoms in total. The van der Waals surface area contributed by atoms with Gasteiger partial charge in [0.05, 0.1) is 7.11 Å². The average Bonchev–Trinajstić information content (AvgIpc) is 3.22. The minimum Gasteiger partial charge on any atom is -0.508 e. The summed E-state index contributed by atoms with van der Waals surface area (Å²) in [6.45, 7) is 1.47. The Labute approximate surface area is 215 Å². The molecule has 3 aliphatic rings. The van der Waals surface area contributed by atoms with E-state index in [-0.39, 0.29) is 17.8 Å². The lowest BCUT2D eigenvalue weighted by Gasteiger charge is -2.36. The lowest BCUT2D eigenvalue weighted by Crippen LogP contribution is -2.35. The van der Waals surface area contributed by atoms with E-state index >= 15 is 0 Å². The first-order chi connectivity index (χ1) is 17.6.